The van der Waals surface area contributed by atoms with E-state index in [-0.39, 0.29) is 5.91 Å². The summed E-state index contributed by atoms with van der Waals surface area (Å²) in [6.07, 6.45) is 1.45. The van der Waals surface area contributed by atoms with Crippen LogP contribution in [0.15, 0.2) is 10.9 Å². The fraction of sp³-hybridized carbons (Fsp3) is 0.667. The minimum Gasteiger partial charge on any atom is -0.368 e. The molecular formula is C12H19N3O2S. The molecule has 1 fully saturated rings. The van der Waals surface area contributed by atoms with Crippen molar-refractivity contribution in [2.75, 3.05) is 27.2 Å². The van der Waals surface area contributed by atoms with E-state index in [1.54, 1.807) is 28.9 Å². The average Bonchev–Trinajstić information content (AvgIpc) is 2.91. The van der Waals surface area contributed by atoms with Crippen LogP contribution >= 0.6 is 11.3 Å². The van der Waals surface area contributed by atoms with Gasteiger partial charge in [0.15, 0.2) is 0 Å². The smallest absolute Gasteiger partial charge is 0.255 e. The van der Waals surface area contributed by atoms with Crippen LogP contribution in [0.3, 0.4) is 0 Å². The van der Waals surface area contributed by atoms with Crippen molar-refractivity contribution in [3.63, 3.8) is 0 Å². The maximum Gasteiger partial charge on any atom is 0.255 e. The van der Waals surface area contributed by atoms with Gasteiger partial charge in [0.2, 0.25) is 0 Å². The van der Waals surface area contributed by atoms with Crippen molar-refractivity contribution in [1.82, 2.24) is 15.2 Å². The summed E-state index contributed by atoms with van der Waals surface area (Å²) >= 11 is 1.54. The van der Waals surface area contributed by atoms with Gasteiger partial charge in [-0.1, -0.05) is 0 Å². The van der Waals surface area contributed by atoms with Gasteiger partial charge in [0.25, 0.3) is 5.91 Å². The van der Waals surface area contributed by atoms with Gasteiger partial charge in [-0.2, -0.15) is 0 Å². The van der Waals surface area contributed by atoms with Gasteiger partial charge in [-0.25, -0.2) is 4.98 Å². The summed E-state index contributed by atoms with van der Waals surface area (Å²) in [5.74, 6) is 0.0551. The highest BCUT2D eigenvalue weighted by molar-refractivity contribution is 7.07. The van der Waals surface area contributed by atoms with Crippen LogP contribution in [0.2, 0.25) is 0 Å². The zero-order valence-corrected chi connectivity index (χ0v) is 11.6. The molecule has 0 aromatic carbocycles. The molecule has 0 aliphatic carbocycles. The lowest BCUT2D eigenvalue weighted by atomic mass is 9.90. The van der Waals surface area contributed by atoms with Gasteiger partial charge in [0, 0.05) is 19.5 Å². The summed E-state index contributed by atoms with van der Waals surface area (Å²) in [4.78, 5) is 18.4. The molecule has 0 saturated carbocycles. The largest absolute Gasteiger partial charge is 0.368 e. The molecule has 0 atom stereocenters. The number of aromatic nitrogens is 1. The van der Waals surface area contributed by atoms with E-state index in [0.717, 1.165) is 31.6 Å². The Kier molecular flexibility index (Phi) is 4.31. The number of hydrogen-bond acceptors (Lipinski definition) is 5. The molecule has 1 amide bonds. The number of nitrogens with one attached hydrogen (secondary N) is 1. The molecule has 1 N–H and O–H groups in total. The lowest BCUT2D eigenvalue weighted by Crippen LogP contribution is -2.54. The van der Waals surface area contributed by atoms with Crippen molar-refractivity contribution < 1.29 is 9.53 Å². The molecular weight excluding hydrogens is 250 g/mol. The Labute approximate surface area is 111 Å². The standard InChI is InChI=1S/C12H19N3O2S/c1-15(7-10-8-18-9-14-10)11(16)12(17-2)3-5-13-6-4-12/h8-9,13H,3-7H2,1-2H3. The molecule has 0 unspecified atom stereocenters. The van der Waals surface area contributed by atoms with Gasteiger partial charge in [0.05, 0.1) is 17.7 Å². The lowest BCUT2D eigenvalue weighted by molar-refractivity contribution is -0.157. The second kappa shape index (κ2) is 5.77. The molecule has 18 heavy (non-hydrogen) atoms. The van der Waals surface area contributed by atoms with Crippen molar-refractivity contribution in [2.45, 2.75) is 25.0 Å². The third kappa shape index (κ3) is 2.71. The molecule has 1 aliphatic rings. The fourth-order valence-electron chi connectivity index (χ4n) is 2.31. The molecule has 6 heteroatoms. The van der Waals surface area contributed by atoms with Crippen molar-refractivity contribution >= 4 is 17.2 Å². The number of thiazole rings is 1. The third-order valence-electron chi connectivity index (χ3n) is 3.42. The number of carbonyl (C=O) groups excluding carboxylic acids is 1. The van der Waals surface area contributed by atoms with E-state index >= 15 is 0 Å². The Balaban J connectivity index is 2.04. The molecule has 0 radical (unpaired) electrons. The number of hydrogen-bond donors (Lipinski definition) is 1. The SMILES string of the molecule is COC1(C(=O)N(C)Cc2cscn2)CCNCC1. The number of likely N-dealkylation sites (N-methyl/N-ethyl adjacent to an activating group) is 1. The Morgan fingerprint density at radius 3 is 2.89 bits per heavy atom. The van der Waals surface area contributed by atoms with Crippen LogP contribution in [-0.4, -0.2) is 48.6 Å². The Hall–Kier alpha value is -0.980. The highest BCUT2D eigenvalue weighted by Gasteiger charge is 2.41. The predicted molar refractivity (Wildman–Crippen MR) is 70.4 cm³/mol. The number of nitrogens with zero attached hydrogens (tertiary/aromatic N) is 2. The van der Waals surface area contributed by atoms with Crippen LogP contribution in [0, 0.1) is 0 Å². The summed E-state index contributed by atoms with van der Waals surface area (Å²) in [5.41, 5.74) is 2.05. The maximum atomic E-state index is 12.5. The van der Waals surface area contributed by atoms with Gasteiger partial charge in [-0.05, 0) is 25.9 Å². The molecule has 100 valence electrons. The van der Waals surface area contributed by atoms with Crippen LogP contribution in [0.1, 0.15) is 18.5 Å². The summed E-state index contributed by atoms with van der Waals surface area (Å²) in [6.45, 7) is 2.19. The van der Waals surface area contributed by atoms with Crippen LogP contribution in [-0.2, 0) is 16.1 Å². The van der Waals surface area contributed by atoms with Gasteiger partial charge >= 0.3 is 0 Å². The predicted octanol–water partition coefficient (Wildman–Crippen LogP) is 0.870. The van der Waals surface area contributed by atoms with Gasteiger partial charge in [0.1, 0.15) is 5.60 Å². The first-order chi connectivity index (χ1) is 8.68. The highest BCUT2D eigenvalue weighted by Crippen LogP contribution is 2.25. The second-order valence-electron chi connectivity index (χ2n) is 4.59. The summed E-state index contributed by atoms with van der Waals surface area (Å²) < 4.78 is 5.53. The molecule has 5 nitrogen and oxygen atoms in total. The minimum absolute atomic E-state index is 0.0551. The number of piperidine rings is 1. The van der Waals surface area contributed by atoms with Gasteiger partial charge in [-0.3, -0.25) is 4.79 Å². The van der Waals surface area contributed by atoms with E-state index in [4.69, 9.17) is 4.74 Å². The van der Waals surface area contributed by atoms with Crippen LogP contribution < -0.4 is 5.32 Å². The zero-order valence-electron chi connectivity index (χ0n) is 10.8. The molecule has 1 aromatic heterocycles. The molecule has 0 spiro atoms. The highest BCUT2D eigenvalue weighted by atomic mass is 32.1. The molecule has 2 heterocycles. The van der Waals surface area contributed by atoms with E-state index < -0.39 is 5.60 Å². The average molecular weight is 269 g/mol. The first-order valence-corrected chi connectivity index (χ1v) is 7.01. The molecule has 1 aromatic rings. The van der Waals surface area contributed by atoms with Crippen molar-refractivity contribution in [1.29, 1.82) is 0 Å². The van der Waals surface area contributed by atoms with Gasteiger partial charge in [-0.15, -0.1) is 11.3 Å². The van der Waals surface area contributed by atoms with Crippen LogP contribution in [0.4, 0.5) is 0 Å². The molecule has 1 aliphatic heterocycles. The first-order valence-electron chi connectivity index (χ1n) is 6.06. The molecule has 1 saturated heterocycles. The van der Waals surface area contributed by atoms with E-state index in [9.17, 15) is 4.79 Å². The lowest BCUT2D eigenvalue weighted by Gasteiger charge is -2.37. The Bertz CT molecular complexity index is 388. The maximum absolute atomic E-state index is 12.5. The number of carbonyl (C=O) groups is 1. The van der Waals surface area contributed by atoms with E-state index in [1.807, 2.05) is 12.4 Å². The Morgan fingerprint density at radius 1 is 1.61 bits per heavy atom. The van der Waals surface area contributed by atoms with Gasteiger partial charge < -0.3 is 15.0 Å². The molecule has 0 bridgehead atoms. The third-order valence-corrected chi connectivity index (χ3v) is 4.06. The number of amides is 1. The summed E-state index contributed by atoms with van der Waals surface area (Å²) in [7, 11) is 3.43. The Morgan fingerprint density at radius 2 is 2.33 bits per heavy atom. The quantitative estimate of drug-likeness (QED) is 0.881. The monoisotopic (exact) mass is 269 g/mol. The number of ether oxygens (including phenoxy) is 1. The topological polar surface area (TPSA) is 54.5 Å². The van der Waals surface area contributed by atoms with Crippen LogP contribution in [0.5, 0.6) is 0 Å². The minimum atomic E-state index is -0.657. The fourth-order valence-corrected chi connectivity index (χ4v) is 2.86. The van der Waals surface area contributed by atoms with Crippen LogP contribution in [0.25, 0.3) is 0 Å². The summed E-state index contributed by atoms with van der Waals surface area (Å²) in [6, 6.07) is 0. The zero-order chi connectivity index (χ0) is 13.0. The van der Waals surface area contributed by atoms with Crippen molar-refractivity contribution in [3.05, 3.63) is 16.6 Å². The second-order valence-corrected chi connectivity index (χ2v) is 5.31. The first kappa shape index (κ1) is 13.5. The molecule has 2 rings (SSSR count). The van der Waals surface area contributed by atoms with Crippen molar-refractivity contribution in [2.24, 2.45) is 0 Å². The van der Waals surface area contributed by atoms with E-state index in [2.05, 4.69) is 10.3 Å². The summed E-state index contributed by atoms with van der Waals surface area (Å²) in [5, 5.41) is 5.22. The number of methoxy groups -OCH3 is 1. The van der Waals surface area contributed by atoms with E-state index in [0.29, 0.717) is 6.54 Å². The van der Waals surface area contributed by atoms with E-state index in [1.165, 1.54) is 0 Å². The number of rotatable bonds is 4. The van der Waals surface area contributed by atoms with Crippen molar-refractivity contribution in [3.8, 4) is 0 Å². The normalized spacial score (nSPS) is 18.6.